The predicted octanol–water partition coefficient (Wildman–Crippen LogP) is 3.26. The Balaban J connectivity index is 2.23. The van der Waals surface area contributed by atoms with Gasteiger partial charge in [0.2, 0.25) is 9.84 Å². The van der Waals surface area contributed by atoms with E-state index in [1.807, 2.05) is 13.0 Å². The molecule has 0 spiro atoms. The Bertz CT molecular complexity index is 906. The fourth-order valence-electron chi connectivity index (χ4n) is 1.89. The second-order valence-corrected chi connectivity index (χ2v) is 7.55. The maximum atomic E-state index is 12.4. The third-order valence-electron chi connectivity index (χ3n) is 3.20. The van der Waals surface area contributed by atoms with Crippen molar-refractivity contribution in [3.8, 4) is 0 Å². The van der Waals surface area contributed by atoms with Crippen LogP contribution in [0.15, 0.2) is 80.3 Å². The Hall–Kier alpha value is -2.64. The summed E-state index contributed by atoms with van der Waals surface area (Å²) in [4.78, 5) is 0.0883. The van der Waals surface area contributed by atoms with E-state index in [9.17, 15) is 8.42 Å². The van der Waals surface area contributed by atoms with Crippen LogP contribution in [0.4, 0.5) is 0 Å². The van der Waals surface area contributed by atoms with Crippen molar-refractivity contribution in [1.82, 2.24) is 5.43 Å². The summed E-state index contributed by atoms with van der Waals surface area (Å²) < 4.78 is 24.3. The number of benzene rings is 2. The summed E-state index contributed by atoms with van der Waals surface area (Å²) in [6.07, 6.45) is 2.18. The van der Waals surface area contributed by atoms with Crippen molar-refractivity contribution < 1.29 is 13.6 Å². The van der Waals surface area contributed by atoms with Gasteiger partial charge in [-0.2, -0.15) is 5.10 Å². The molecule has 0 radical (unpaired) electrons. The molecule has 2 N–H and O–H groups in total. The van der Waals surface area contributed by atoms with Crippen LogP contribution in [0.3, 0.4) is 0 Å². The molecule has 0 heterocycles. The molecular weight excluding hydrogens is 362 g/mol. The van der Waals surface area contributed by atoms with Crippen molar-refractivity contribution in [1.29, 1.82) is 0 Å². The van der Waals surface area contributed by atoms with E-state index in [-0.39, 0.29) is 4.90 Å². The largest absolute Gasteiger partial charge is 0.411 e. The average Bonchev–Trinajstić information content (AvgIpc) is 2.62. The summed E-state index contributed by atoms with van der Waals surface area (Å²) in [7, 11) is -3.82. The molecule has 0 aromatic heterocycles. The van der Waals surface area contributed by atoms with Crippen molar-refractivity contribution in [2.45, 2.75) is 11.8 Å². The first kappa shape index (κ1) is 18.7. The van der Waals surface area contributed by atoms with E-state index in [2.05, 4.69) is 15.7 Å². The summed E-state index contributed by atoms with van der Waals surface area (Å²) in [5, 5.41) is 15.7. The molecule has 130 valence electrons. The number of nitrogens with zero attached hydrogens (tertiary/aromatic N) is 2. The smallest absolute Gasteiger partial charge is 0.218 e. The van der Waals surface area contributed by atoms with Gasteiger partial charge in [-0.1, -0.05) is 64.8 Å². The lowest BCUT2D eigenvalue weighted by molar-refractivity contribution is 0.322. The van der Waals surface area contributed by atoms with Crippen molar-refractivity contribution in [2.75, 3.05) is 0 Å². The highest BCUT2D eigenvalue weighted by Gasteiger charge is 2.18. The van der Waals surface area contributed by atoms with Crippen LogP contribution in [0.2, 0.25) is 0 Å². The third-order valence-corrected chi connectivity index (χ3v) is 5.44. The number of nitrogens with one attached hydrogen (secondary N) is 1. The number of hydrazone groups is 1. The van der Waals surface area contributed by atoms with E-state index in [0.717, 1.165) is 18.0 Å². The topological polar surface area (TPSA) is 91.1 Å². The van der Waals surface area contributed by atoms with E-state index in [4.69, 9.17) is 16.8 Å². The van der Waals surface area contributed by atoms with E-state index >= 15 is 0 Å². The summed E-state index contributed by atoms with van der Waals surface area (Å²) in [6.45, 7) is 1.86. The van der Waals surface area contributed by atoms with Crippen molar-refractivity contribution in [3.63, 3.8) is 0 Å². The number of sulfone groups is 1. The second-order valence-electron chi connectivity index (χ2n) is 5.00. The molecule has 0 unspecified atom stereocenters. The molecule has 0 bridgehead atoms. The fourth-order valence-corrected chi connectivity index (χ4v) is 3.14. The summed E-state index contributed by atoms with van der Waals surface area (Å²) >= 11 is 5.91. The van der Waals surface area contributed by atoms with E-state index in [0.29, 0.717) is 11.3 Å². The van der Waals surface area contributed by atoms with Gasteiger partial charge in [-0.25, -0.2) is 8.42 Å². The van der Waals surface area contributed by atoms with Crippen LogP contribution < -0.4 is 5.43 Å². The number of oxime groups is 1. The molecule has 2 rings (SSSR count). The van der Waals surface area contributed by atoms with Crippen LogP contribution in [0.1, 0.15) is 11.1 Å². The molecule has 0 aliphatic heterocycles. The fraction of sp³-hybridized carbons (Fsp3) is 0.0588. The average molecular weight is 378 g/mol. The lowest BCUT2D eigenvalue weighted by atomic mass is 10.1. The molecule has 2 aromatic rings. The number of rotatable bonds is 6. The van der Waals surface area contributed by atoms with Crippen LogP contribution in [-0.2, 0) is 9.84 Å². The highest BCUT2D eigenvalue weighted by molar-refractivity contribution is 7.96. The van der Waals surface area contributed by atoms with Crippen LogP contribution in [0.5, 0.6) is 0 Å². The Kier molecular flexibility index (Phi) is 6.32. The molecule has 25 heavy (non-hydrogen) atoms. The normalized spacial score (nSPS) is 13.2. The standard InChI is InChI=1S/C17H16ClN3O3S/c1-13-7-9-15(10-8-13)25(23,24)17(18)12-19-21-16(11-20-22)14-5-3-2-4-6-14/h2-12,19,22H,1H3/b17-12-,20-11+,21-16+. The predicted molar refractivity (Wildman–Crippen MR) is 98.7 cm³/mol. The minimum atomic E-state index is -3.82. The van der Waals surface area contributed by atoms with E-state index < -0.39 is 14.2 Å². The lowest BCUT2D eigenvalue weighted by Gasteiger charge is -2.04. The van der Waals surface area contributed by atoms with Gasteiger partial charge in [0, 0.05) is 5.56 Å². The van der Waals surface area contributed by atoms with E-state index in [1.54, 1.807) is 36.4 Å². The lowest BCUT2D eigenvalue weighted by Crippen LogP contribution is -2.10. The molecule has 6 nitrogen and oxygen atoms in total. The van der Waals surface area contributed by atoms with Gasteiger partial charge in [0.1, 0.15) is 5.71 Å². The van der Waals surface area contributed by atoms with Gasteiger partial charge in [-0.05, 0) is 19.1 Å². The summed E-state index contributed by atoms with van der Waals surface area (Å²) in [6, 6.07) is 15.3. The molecule has 0 atom stereocenters. The van der Waals surface area contributed by atoms with E-state index in [1.165, 1.54) is 12.1 Å². The molecule has 8 heteroatoms. The zero-order valence-electron chi connectivity index (χ0n) is 13.3. The van der Waals surface area contributed by atoms with Gasteiger partial charge in [0.05, 0.1) is 17.3 Å². The monoisotopic (exact) mass is 377 g/mol. The van der Waals surface area contributed by atoms with Gasteiger partial charge in [0.25, 0.3) is 0 Å². The minimum absolute atomic E-state index is 0.0883. The Labute approximate surface area is 151 Å². The number of halogens is 1. The maximum absolute atomic E-state index is 12.4. The molecule has 2 aromatic carbocycles. The second kappa shape index (κ2) is 8.46. The van der Waals surface area contributed by atoms with Gasteiger partial charge in [-0.15, -0.1) is 0 Å². The van der Waals surface area contributed by atoms with Crippen molar-refractivity contribution in [3.05, 3.63) is 76.3 Å². The van der Waals surface area contributed by atoms with Gasteiger partial charge in [0.15, 0.2) is 4.36 Å². The number of aryl methyl sites for hydroxylation is 1. The molecule has 0 saturated heterocycles. The highest BCUT2D eigenvalue weighted by Crippen LogP contribution is 2.21. The van der Waals surface area contributed by atoms with Crippen LogP contribution in [0.25, 0.3) is 0 Å². The zero-order chi connectivity index (χ0) is 18.3. The molecule has 0 fully saturated rings. The zero-order valence-corrected chi connectivity index (χ0v) is 14.9. The molecule has 0 aliphatic carbocycles. The molecular formula is C17H16ClN3O3S. The molecule has 0 aliphatic rings. The maximum Gasteiger partial charge on any atom is 0.218 e. The van der Waals surface area contributed by atoms with Gasteiger partial charge < -0.3 is 5.21 Å². The number of hydrogen-bond donors (Lipinski definition) is 2. The molecule has 0 amide bonds. The summed E-state index contributed by atoms with van der Waals surface area (Å²) in [5.74, 6) is 0. The van der Waals surface area contributed by atoms with Crippen molar-refractivity contribution >= 4 is 33.4 Å². The Morgan fingerprint density at radius 1 is 1.12 bits per heavy atom. The highest BCUT2D eigenvalue weighted by atomic mass is 35.5. The first-order chi connectivity index (χ1) is 11.9. The van der Waals surface area contributed by atoms with Gasteiger partial charge in [-0.3, -0.25) is 5.43 Å². The van der Waals surface area contributed by atoms with Crippen LogP contribution in [0, 0.1) is 6.92 Å². The van der Waals surface area contributed by atoms with Crippen LogP contribution in [-0.4, -0.2) is 25.6 Å². The third kappa shape index (κ3) is 4.91. The first-order valence-electron chi connectivity index (χ1n) is 7.18. The number of hydrogen-bond acceptors (Lipinski definition) is 6. The van der Waals surface area contributed by atoms with Crippen molar-refractivity contribution in [2.24, 2.45) is 10.3 Å². The summed E-state index contributed by atoms with van der Waals surface area (Å²) in [5.41, 5.74) is 4.39. The SMILES string of the molecule is Cc1ccc(S(=O)(=O)/C(Cl)=C\N/N=C(\C=N\O)c2ccccc2)cc1. The van der Waals surface area contributed by atoms with Gasteiger partial charge >= 0.3 is 0 Å². The molecule has 0 saturated carbocycles. The Morgan fingerprint density at radius 2 is 1.76 bits per heavy atom. The first-order valence-corrected chi connectivity index (χ1v) is 9.05. The van der Waals surface area contributed by atoms with Crippen LogP contribution >= 0.6 is 11.6 Å². The quantitative estimate of drug-likeness (QED) is 0.459. The minimum Gasteiger partial charge on any atom is -0.411 e. The Morgan fingerprint density at radius 3 is 2.36 bits per heavy atom.